The van der Waals surface area contributed by atoms with Crippen LogP contribution in [0.1, 0.15) is 18.6 Å². The van der Waals surface area contributed by atoms with Crippen LogP contribution in [0.4, 0.5) is 0 Å². The number of nitrogens with one attached hydrogen (secondary N) is 1. The van der Waals surface area contributed by atoms with Gasteiger partial charge in [0.25, 0.3) is 0 Å². The van der Waals surface area contributed by atoms with Gasteiger partial charge in [-0.3, -0.25) is 0 Å². The molecule has 0 spiro atoms. The number of ether oxygens (including phenoxy) is 1. The lowest BCUT2D eigenvalue weighted by Gasteiger charge is -2.34. The third kappa shape index (κ3) is 2.33. The maximum Gasteiger partial charge on any atom is 0.162 e. The Labute approximate surface area is 83.6 Å². The molecule has 1 aliphatic rings. The third-order valence-electron chi connectivity index (χ3n) is 2.64. The van der Waals surface area contributed by atoms with Crippen LogP contribution in [0.3, 0.4) is 0 Å². The first kappa shape index (κ1) is 9.68. The van der Waals surface area contributed by atoms with Crippen LogP contribution in [0, 0.1) is 5.92 Å². The molecule has 1 fully saturated rings. The fourth-order valence-corrected chi connectivity index (χ4v) is 1.78. The molecule has 0 amide bonds. The van der Waals surface area contributed by atoms with Crippen LogP contribution < -0.4 is 5.32 Å². The molecule has 78 valence electrons. The van der Waals surface area contributed by atoms with Crippen LogP contribution in [0.25, 0.3) is 0 Å². The Bertz CT molecular complexity index is 255. The zero-order chi connectivity index (χ0) is 9.80. The number of aromatic nitrogens is 1. The van der Waals surface area contributed by atoms with Crippen molar-refractivity contribution in [3.8, 4) is 0 Å². The number of rotatable bonds is 5. The molecule has 1 aromatic rings. The van der Waals surface area contributed by atoms with E-state index in [1.54, 1.807) is 6.20 Å². The van der Waals surface area contributed by atoms with Gasteiger partial charge in [0.2, 0.25) is 0 Å². The van der Waals surface area contributed by atoms with Crippen molar-refractivity contribution in [3.63, 3.8) is 0 Å². The molecule has 0 aromatic carbocycles. The lowest BCUT2D eigenvalue weighted by molar-refractivity contribution is -0.0459. The SMILES string of the molecule is CNCC1CC(OCc2ccno2)C1. The van der Waals surface area contributed by atoms with Gasteiger partial charge in [0, 0.05) is 6.07 Å². The fourth-order valence-electron chi connectivity index (χ4n) is 1.78. The summed E-state index contributed by atoms with van der Waals surface area (Å²) in [6.07, 6.45) is 4.38. The molecular weight excluding hydrogens is 180 g/mol. The molecule has 1 saturated carbocycles. The van der Waals surface area contributed by atoms with Crippen molar-refractivity contribution in [1.29, 1.82) is 0 Å². The first-order valence-electron chi connectivity index (χ1n) is 5.04. The Balaban J connectivity index is 1.61. The molecule has 0 saturated heterocycles. The molecule has 0 atom stereocenters. The third-order valence-corrected chi connectivity index (χ3v) is 2.64. The minimum Gasteiger partial charge on any atom is -0.370 e. The minimum absolute atomic E-state index is 0.415. The zero-order valence-electron chi connectivity index (χ0n) is 8.40. The summed E-state index contributed by atoms with van der Waals surface area (Å²) in [5, 5.41) is 6.80. The molecule has 0 bridgehead atoms. The maximum absolute atomic E-state index is 5.64. The highest BCUT2D eigenvalue weighted by Crippen LogP contribution is 2.29. The average Bonchev–Trinajstić information content (AvgIpc) is 2.61. The molecule has 0 unspecified atom stereocenters. The van der Waals surface area contributed by atoms with E-state index in [-0.39, 0.29) is 0 Å². The summed E-state index contributed by atoms with van der Waals surface area (Å²) in [4.78, 5) is 0. The van der Waals surface area contributed by atoms with Crippen LogP contribution in [-0.2, 0) is 11.3 Å². The predicted molar refractivity (Wildman–Crippen MR) is 51.7 cm³/mol. The second-order valence-corrected chi connectivity index (χ2v) is 3.81. The van der Waals surface area contributed by atoms with Gasteiger partial charge in [0.15, 0.2) is 5.76 Å². The first-order valence-corrected chi connectivity index (χ1v) is 5.04. The molecule has 4 heteroatoms. The quantitative estimate of drug-likeness (QED) is 0.768. The van der Waals surface area contributed by atoms with Gasteiger partial charge in [-0.1, -0.05) is 5.16 Å². The van der Waals surface area contributed by atoms with Crippen molar-refractivity contribution in [2.75, 3.05) is 13.6 Å². The van der Waals surface area contributed by atoms with Gasteiger partial charge in [0.1, 0.15) is 6.61 Å². The van der Waals surface area contributed by atoms with E-state index in [9.17, 15) is 0 Å². The minimum atomic E-state index is 0.415. The van der Waals surface area contributed by atoms with E-state index in [0.717, 1.165) is 31.1 Å². The van der Waals surface area contributed by atoms with Crippen molar-refractivity contribution < 1.29 is 9.26 Å². The highest BCUT2D eigenvalue weighted by atomic mass is 16.5. The summed E-state index contributed by atoms with van der Waals surface area (Å²) in [6, 6.07) is 1.84. The summed E-state index contributed by atoms with van der Waals surface area (Å²) < 4.78 is 10.6. The van der Waals surface area contributed by atoms with Gasteiger partial charge in [-0.25, -0.2) is 0 Å². The van der Waals surface area contributed by atoms with Gasteiger partial charge in [-0.15, -0.1) is 0 Å². The van der Waals surface area contributed by atoms with Crippen LogP contribution >= 0.6 is 0 Å². The maximum atomic E-state index is 5.64. The van der Waals surface area contributed by atoms with E-state index < -0.39 is 0 Å². The molecule has 1 aromatic heterocycles. The van der Waals surface area contributed by atoms with Crippen LogP contribution in [0.5, 0.6) is 0 Å². The van der Waals surface area contributed by atoms with E-state index >= 15 is 0 Å². The second-order valence-electron chi connectivity index (χ2n) is 3.81. The zero-order valence-corrected chi connectivity index (χ0v) is 8.40. The lowest BCUT2D eigenvalue weighted by atomic mass is 9.82. The number of hydrogen-bond acceptors (Lipinski definition) is 4. The van der Waals surface area contributed by atoms with E-state index in [4.69, 9.17) is 9.26 Å². The molecule has 2 rings (SSSR count). The predicted octanol–water partition coefficient (Wildman–Crippen LogP) is 1.19. The Morgan fingerprint density at radius 1 is 1.64 bits per heavy atom. The normalized spacial score (nSPS) is 26.1. The Morgan fingerprint density at radius 3 is 3.14 bits per heavy atom. The van der Waals surface area contributed by atoms with E-state index in [2.05, 4.69) is 10.5 Å². The Morgan fingerprint density at radius 2 is 2.50 bits per heavy atom. The molecular formula is C10H16N2O2. The summed E-state index contributed by atoms with van der Waals surface area (Å²) in [7, 11) is 1.99. The molecule has 4 nitrogen and oxygen atoms in total. The summed E-state index contributed by atoms with van der Waals surface area (Å²) in [6.45, 7) is 1.65. The molecule has 1 heterocycles. The average molecular weight is 196 g/mol. The second kappa shape index (κ2) is 4.57. The highest BCUT2D eigenvalue weighted by Gasteiger charge is 2.29. The van der Waals surface area contributed by atoms with E-state index in [1.165, 1.54) is 0 Å². The van der Waals surface area contributed by atoms with Crippen LogP contribution in [0.15, 0.2) is 16.8 Å². The molecule has 1 N–H and O–H groups in total. The fraction of sp³-hybridized carbons (Fsp3) is 0.700. The number of nitrogens with zero attached hydrogens (tertiary/aromatic N) is 1. The largest absolute Gasteiger partial charge is 0.370 e. The molecule has 14 heavy (non-hydrogen) atoms. The Kier molecular flexibility index (Phi) is 3.16. The van der Waals surface area contributed by atoms with Crippen molar-refractivity contribution in [3.05, 3.63) is 18.0 Å². The summed E-state index contributed by atoms with van der Waals surface area (Å²) >= 11 is 0. The highest BCUT2D eigenvalue weighted by molar-refractivity contribution is 4.91. The van der Waals surface area contributed by atoms with Crippen LogP contribution in [0.2, 0.25) is 0 Å². The molecule has 1 aliphatic carbocycles. The van der Waals surface area contributed by atoms with Gasteiger partial charge < -0.3 is 14.6 Å². The van der Waals surface area contributed by atoms with Crippen molar-refractivity contribution in [2.45, 2.75) is 25.6 Å². The van der Waals surface area contributed by atoms with Crippen molar-refractivity contribution in [1.82, 2.24) is 10.5 Å². The van der Waals surface area contributed by atoms with Gasteiger partial charge in [-0.2, -0.15) is 0 Å². The molecule has 0 aliphatic heterocycles. The molecule has 0 radical (unpaired) electrons. The van der Waals surface area contributed by atoms with Crippen molar-refractivity contribution >= 4 is 0 Å². The van der Waals surface area contributed by atoms with E-state index in [1.807, 2.05) is 13.1 Å². The monoisotopic (exact) mass is 196 g/mol. The van der Waals surface area contributed by atoms with Gasteiger partial charge in [0.05, 0.1) is 12.3 Å². The summed E-state index contributed by atoms with van der Waals surface area (Å²) in [5.74, 6) is 1.60. The van der Waals surface area contributed by atoms with E-state index in [0.29, 0.717) is 12.7 Å². The number of hydrogen-bond donors (Lipinski definition) is 1. The standard InChI is InChI=1S/C10H16N2O2/c1-11-6-8-4-10(5-8)13-7-9-2-3-12-14-9/h2-3,8,10-11H,4-7H2,1H3. The topological polar surface area (TPSA) is 47.3 Å². The van der Waals surface area contributed by atoms with Gasteiger partial charge in [-0.05, 0) is 32.4 Å². The van der Waals surface area contributed by atoms with Crippen LogP contribution in [-0.4, -0.2) is 24.9 Å². The first-order chi connectivity index (χ1) is 6.88. The van der Waals surface area contributed by atoms with Crippen molar-refractivity contribution in [2.24, 2.45) is 5.92 Å². The Hall–Kier alpha value is -0.870. The lowest BCUT2D eigenvalue weighted by Crippen LogP contribution is -2.36. The van der Waals surface area contributed by atoms with Gasteiger partial charge >= 0.3 is 0 Å². The smallest absolute Gasteiger partial charge is 0.162 e. The summed E-state index contributed by atoms with van der Waals surface area (Å²) in [5.41, 5.74) is 0.